The van der Waals surface area contributed by atoms with Gasteiger partial charge in [-0.25, -0.2) is 12.8 Å². The molecule has 0 radical (unpaired) electrons. The van der Waals surface area contributed by atoms with Crippen molar-refractivity contribution in [1.29, 1.82) is 0 Å². The minimum Gasteiger partial charge on any atom is -0.351 e. The highest BCUT2D eigenvalue weighted by atomic mass is 32.2. The van der Waals surface area contributed by atoms with E-state index in [0.29, 0.717) is 32.7 Å². The second-order valence-electron chi connectivity index (χ2n) is 6.03. The molecule has 24 heavy (non-hydrogen) atoms. The van der Waals surface area contributed by atoms with E-state index in [9.17, 15) is 17.6 Å². The van der Waals surface area contributed by atoms with Gasteiger partial charge in [-0.05, 0) is 37.6 Å². The van der Waals surface area contributed by atoms with Gasteiger partial charge in [-0.1, -0.05) is 6.92 Å². The first kappa shape index (κ1) is 18.8. The van der Waals surface area contributed by atoms with Crippen molar-refractivity contribution < 1.29 is 22.5 Å². The quantitative estimate of drug-likeness (QED) is 0.729. The Morgan fingerprint density at radius 2 is 1.88 bits per heavy atom. The van der Waals surface area contributed by atoms with Crippen molar-refractivity contribution in [3.63, 3.8) is 0 Å². The topological polar surface area (TPSA) is 70.9 Å². The van der Waals surface area contributed by atoms with E-state index in [1.54, 1.807) is 0 Å². The van der Waals surface area contributed by atoms with Crippen LogP contribution in [0.15, 0.2) is 29.2 Å². The number of hydrogen-bond donors (Lipinski definition) is 2. The predicted octanol–water partition coefficient (Wildman–Crippen LogP) is -0.370. The zero-order valence-electron chi connectivity index (χ0n) is 14.1. The van der Waals surface area contributed by atoms with Crippen LogP contribution < -0.4 is 10.2 Å². The summed E-state index contributed by atoms with van der Waals surface area (Å²) in [6.07, 6.45) is 0.886. The molecule has 1 atom stereocenters. The van der Waals surface area contributed by atoms with Crippen molar-refractivity contribution in [2.75, 3.05) is 32.7 Å². The summed E-state index contributed by atoms with van der Waals surface area (Å²) in [5.41, 5.74) is 0. The number of nitrogens with one attached hydrogen (secondary N) is 2. The van der Waals surface area contributed by atoms with E-state index in [2.05, 4.69) is 5.32 Å². The Hall–Kier alpha value is -1.51. The molecule has 0 spiro atoms. The van der Waals surface area contributed by atoms with Crippen molar-refractivity contribution in [3.05, 3.63) is 30.1 Å². The van der Waals surface area contributed by atoms with Gasteiger partial charge in [0.15, 0.2) is 6.04 Å². The number of halogens is 1. The molecule has 0 saturated carbocycles. The number of amides is 1. The minimum atomic E-state index is -3.61. The number of piperazine rings is 1. The number of carbonyl (C=O) groups excluding carboxylic acids is 1. The maximum absolute atomic E-state index is 13.0. The number of hydrogen-bond acceptors (Lipinski definition) is 3. The predicted molar refractivity (Wildman–Crippen MR) is 88.6 cm³/mol. The number of quaternary nitrogens is 1. The van der Waals surface area contributed by atoms with Crippen molar-refractivity contribution in [3.8, 4) is 0 Å². The molecular formula is C16H25FN3O3S+. The lowest BCUT2D eigenvalue weighted by Crippen LogP contribution is -3.19. The van der Waals surface area contributed by atoms with Crippen LogP contribution in [-0.2, 0) is 14.8 Å². The zero-order chi connectivity index (χ0) is 17.7. The Morgan fingerprint density at radius 3 is 2.42 bits per heavy atom. The largest absolute Gasteiger partial charge is 0.351 e. The van der Waals surface area contributed by atoms with E-state index in [1.807, 2.05) is 13.8 Å². The molecule has 8 heteroatoms. The van der Waals surface area contributed by atoms with Crippen LogP contribution in [0.1, 0.15) is 20.3 Å². The Labute approximate surface area is 142 Å². The van der Waals surface area contributed by atoms with Gasteiger partial charge in [0.2, 0.25) is 10.0 Å². The fraction of sp³-hybridized carbons (Fsp3) is 0.562. The molecule has 1 aromatic carbocycles. The zero-order valence-corrected chi connectivity index (χ0v) is 14.9. The summed E-state index contributed by atoms with van der Waals surface area (Å²) in [5.74, 6) is -0.461. The van der Waals surface area contributed by atoms with Gasteiger partial charge in [-0.15, -0.1) is 0 Å². The minimum absolute atomic E-state index is 0.00157. The molecule has 1 aromatic rings. The summed E-state index contributed by atoms with van der Waals surface area (Å²) in [4.78, 5) is 13.2. The first-order chi connectivity index (χ1) is 11.4. The van der Waals surface area contributed by atoms with E-state index in [1.165, 1.54) is 16.4 Å². The van der Waals surface area contributed by atoms with Crippen LogP contribution in [0.3, 0.4) is 0 Å². The highest BCUT2D eigenvalue weighted by Gasteiger charge is 2.34. The Bertz CT molecular complexity index is 656. The van der Waals surface area contributed by atoms with Crippen LogP contribution in [0.25, 0.3) is 0 Å². The standard InChI is InChI=1S/C16H24FN3O3S/c1-3-8-18-16(21)13(2)19-9-11-20(12-10-19)24(22,23)15-6-4-14(17)5-7-15/h4-7,13H,3,8-12H2,1-2H3,(H,18,21)/p+1/t13-/m1/s1. The third kappa shape index (κ3) is 4.31. The molecule has 2 rings (SSSR count). The number of nitrogens with zero attached hydrogens (tertiary/aromatic N) is 1. The van der Waals surface area contributed by atoms with Gasteiger partial charge in [0.1, 0.15) is 5.82 Å². The Morgan fingerprint density at radius 1 is 1.29 bits per heavy atom. The van der Waals surface area contributed by atoms with Gasteiger partial charge in [0.25, 0.3) is 5.91 Å². The van der Waals surface area contributed by atoms with Crippen molar-refractivity contribution in [2.24, 2.45) is 0 Å². The van der Waals surface area contributed by atoms with Crippen LogP contribution in [-0.4, -0.2) is 57.4 Å². The highest BCUT2D eigenvalue weighted by molar-refractivity contribution is 7.89. The van der Waals surface area contributed by atoms with E-state index < -0.39 is 15.8 Å². The monoisotopic (exact) mass is 358 g/mol. The second kappa shape index (κ2) is 8.04. The van der Waals surface area contributed by atoms with E-state index in [0.717, 1.165) is 23.5 Å². The fourth-order valence-electron chi connectivity index (χ4n) is 2.79. The van der Waals surface area contributed by atoms with Gasteiger partial charge in [0, 0.05) is 6.54 Å². The van der Waals surface area contributed by atoms with Gasteiger partial charge >= 0.3 is 0 Å². The molecule has 1 aliphatic heterocycles. The summed E-state index contributed by atoms with van der Waals surface area (Å²) in [6, 6.07) is 4.66. The lowest BCUT2D eigenvalue weighted by molar-refractivity contribution is -0.917. The number of carbonyl (C=O) groups is 1. The molecule has 1 aliphatic rings. The summed E-state index contributed by atoms with van der Waals surface area (Å²) in [7, 11) is -3.61. The summed E-state index contributed by atoms with van der Waals surface area (Å²) in [6.45, 7) is 6.35. The van der Waals surface area contributed by atoms with Crippen molar-refractivity contribution >= 4 is 15.9 Å². The third-order valence-electron chi connectivity index (χ3n) is 4.37. The molecule has 1 fully saturated rings. The van der Waals surface area contributed by atoms with Crippen LogP contribution in [0.5, 0.6) is 0 Å². The maximum Gasteiger partial charge on any atom is 0.278 e. The Kier molecular flexibility index (Phi) is 6.31. The normalized spacial score (nSPS) is 18.3. The number of benzene rings is 1. The number of rotatable bonds is 6. The molecule has 0 aliphatic carbocycles. The number of sulfonamides is 1. The van der Waals surface area contributed by atoms with Gasteiger partial charge in [-0.3, -0.25) is 4.79 Å². The first-order valence-corrected chi connectivity index (χ1v) is 9.68. The molecule has 1 saturated heterocycles. The van der Waals surface area contributed by atoms with Crippen LogP contribution >= 0.6 is 0 Å². The molecule has 1 heterocycles. The molecule has 1 amide bonds. The molecular weight excluding hydrogens is 333 g/mol. The molecule has 0 bridgehead atoms. The first-order valence-electron chi connectivity index (χ1n) is 8.24. The molecule has 134 valence electrons. The third-order valence-corrected chi connectivity index (χ3v) is 6.28. The maximum atomic E-state index is 13.0. The van der Waals surface area contributed by atoms with Crippen LogP contribution in [0.4, 0.5) is 4.39 Å². The fourth-order valence-corrected chi connectivity index (χ4v) is 4.23. The lowest BCUT2D eigenvalue weighted by atomic mass is 10.2. The van der Waals surface area contributed by atoms with E-state index in [4.69, 9.17) is 0 Å². The molecule has 2 N–H and O–H groups in total. The van der Waals surface area contributed by atoms with Gasteiger partial charge in [-0.2, -0.15) is 4.31 Å². The van der Waals surface area contributed by atoms with Gasteiger partial charge < -0.3 is 10.2 Å². The smallest absolute Gasteiger partial charge is 0.278 e. The summed E-state index contributed by atoms with van der Waals surface area (Å²) >= 11 is 0. The SMILES string of the molecule is CCCNC(=O)[C@@H](C)[NH+]1CCN(S(=O)(=O)c2ccc(F)cc2)CC1. The molecule has 0 unspecified atom stereocenters. The van der Waals surface area contributed by atoms with E-state index in [-0.39, 0.29) is 16.8 Å². The lowest BCUT2D eigenvalue weighted by Gasteiger charge is -2.34. The van der Waals surface area contributed by atoms with Crippen LogP contribution in [0.2, 0.25) is 0 Å². The summed E-state index contributed by atoms with van der Waals surface area (Å²) < 4.78 is 39.5. The molecule has 6 nitrogen and oxygen atoms in total. The average Bonchev–Trinajstić information content (AvgIpc) is 2.59. The van der Waals surface area contributed by atoms with Crippen LogP contribution in [0, 0.1) is 5.82 Å². The molecule has 0 aromatic heterocycles. The average molecular weight is 358 g/mol. The van der Waals surface area contributed by atoms with Crippen molar-refractivity contribution in [2.45, 2.75) is 31.2 Å². The van der Waals surface area contributed by atoms with E-state index >= 15 is 0 Å². The summed E-state index contributed by atoms with van der Waals surface area (Å²) in [5, 5.41) is 2.87. The second-order valence-corrected chi connectivity index (χ2v) is 7.97. The van der Waals surface area contributed by atoms with Gasteiger partial charge in [0.05, 0.1) is 31.1 Å². The van der Waals surface area contributed by atoms with Crippen molar-refractivity contribution in [1.82, 2.24) is 9.62 Å². The Balaban J connectivity index is 1.96. The highest BCUT2D eigenvalue weighted by Crippen LogP contribution is 2.16.